The maximum Gasteiger partial charge on any atom is 0.459 e. The Hall–Kier alpha value is -3.09. The molecule has 0 fully saturated rings. The number of thiophene rings is 1. The van der Waals surface area contributed by atoms with Crippen LogP contribution in [0.25, 0.3) is 5.65 Å². The molecule has 30 heavy (non-hydrogen) atoms. The number of hydrogen-bond acceptors (Lipinski definition) is 6. The van der Waals surface area contributed by atoms with Crippen LogP contribution in [0.1, 0.15) is 37.1 Å². The first-order chi connectivity index (χ1) is 13.8. The van der Waals surface area contributed by atoms with Gasteiger partial charge in [0.25, 0.3) is 5.91 Å². The number of rotatable bonds is 4. The number of nitrogens with one attached hydrogen (secondary N) is 1. The van der Waals surface area contributed by atoms with Gasteiger partial charge >= 0.3 is 18.1 Å². The van der Waals surface area contributed by atoms with Crippen molar-refractivity contribution in [1.29, 1.82) is 0 Å². The van der Waals surface area contributed by atoms with Crippen LogP contribution in [0.3, 0.4) is 0 Å². The van der Waals surface area contributed by atoms with Gasteiger partial charge in [-0.25, -0.2) is 14.3 Å². The lowest BCUT2D eigenvalue weighted by Gasteiger charge is -2.20. The minimum Gasteiger partial charge on any atom is -0.465 e. The molecule has 0 saturated heterocycles. The van der Waals surface area contributed by atoms with Crippen molar-refractivity contribution in [2.24, 2.45) is 0 Å². The molecular weight excluding hydrogens is 435 g/mol. The normalized spacial score (nSPS) is 12.3. The molecule has 0 radical (unpaired) electrons. The summed E-state index contributed by atoms with van der Waals surface area (Å²) in [6.07, 6.45) is -5.87. The Kier molecular flexibility index (Phi) is 5.26. The Morgan fingerprint density at radius 2 is 1.80 bits per heavy atom. The molecule has 0 aliphatic carbocycles. The number of amides is 1. The van der Waals surface area contributed by atoms with Crippen molar-refractivity contribution in [3.05, 3.63) is 45.7 Å². The van der Waals surface area contributed by atoms with Crippen LogP contribution in [0.2, 0.25) is 0 Å². The summed E-state index contributed by atoms with van der Waals surface area (Å²) in [5.74, 6) is -6.86. The van der Waals surface area contributed by atoms with Crippen LogP contribution in [-0.4, -0.2) is 39.8 Å². The van der Waals surface area contributed by atoms with Gasteiger partial charge in [0.05, 0.1) is 12.7 Å². The molecule has 3 aromatic rings. The number of anilines is 1. The number of nitrogens with zero attached hydrogens (tertiary/aromatic N) is 3. The van der Waals surface area contributed by atoms with E-state index in [0.717, 1.165) is 24.5 Å². The Balaban J connectivity index is 2.04. The largest absolute Gasteiger partial charge is 0.465 e. The highest BCUT2D eigenvalue weighted by Gasteiger charge is 2.60. The molecule has 13 heteroatoms. The number of halogens is 5. The topological polar surface area (TPSA) is 85.6 Å². The van der Waals surface area contributed by atoms with Crippen molar-refractivity contribution in [3.63, 3.8) is 0 Å². The average molecular weight is 448 g/mol. The fraction of sp³-hybridized carbons (Fsp3) is 0.294. The number of carbonyl (C=O) groups excluding carboxylic acids is 2. The van der Waals surface area contributed by atoms with Crippen LogP contribution in [0.4, 0.5) is 27.0 Å². The number of ether oxygens (including phenoxy) is 1. The predicted molar refractivity (Wildman–Crippen MR) is 96.0 cm³/mol. The lowest BCUT2D eigenvalue weighted by molar-refractivity contribution is -0.291. The fourth-order valence-electron chi connectivity index (χ4n) is 2.62. The molecule has 0 unspecified atom stereocenters. The van der Waals surface area contributed by atoms with Gasteiger partial charge in [-0.3, -0.25) is 4.79 Å². The second kappa shape index (κ2) is 7.31. The van der Waals surface area contributed by atoms with Crippen LogP contribution in [-0.2, 0) is 10.7 Å². The molecule has 160 valence electrons. The first kappa shape index (κ1) is 21.6. The second-order valence-electron chi connectivity index (χ2n) is 6.20. The molecule has 0 aliphatic rings. The van der Waals surface area contributed by atoms with E-state index in [1.807, 2.05) is 0 Å². The van der Waals surface area contributed by atoms with Crippen molar-refractivity contribution < 1.29 is 36.3 Å². The smallest absolute Gasteiger partial charge is 0.459 e. The summed E-state index contributed by atoms with van der Waals surface area (Å²) >= 11 is 1.05. The number of fused-ring (bicyclic) bond motifs is 1. The quantitative estimate of drug-likeness (QED) is 0.480. The number of hydrogen-bond donors (Lipinski definition) is 1. The standard InChI is InChI=1S/C17H13F5N4O3S/c1-7-4-11(16(18,19)17(20,21)22)26-12(23-7)6-10(25-26)13(27)24-14-9(15(28)29-3)5-8(2)30-14/h4-6H,1-3H3,(H,24,27). The molecule has 3 heterocycles. The molecule has 1 N–H and O–H groups in total. The summed E-state index contributed by atoms with van der Waals surface area (Å²) in [6.45, 7) is 2.91. The van der Waals surface area contributed by atoms with E-state index in [-0.39, 0.29) is 26.4 Å². The van der Waals surface area contributed by atoms with Gasteiger partial charge in [-0.1, -0.05) is 0 Å². The Bertz CT molecular complexity index is 1150. The first-order valence-corrected chi connectivity index (χ1v) is 8.99. The minimum absolute atomic E-state index is 0.0652. The van der Waals surface area contributed by atoms with Gasteiger partial charge in [0.2, 0.25) is 0 Å². The molecule has 0 spiro atoms. The molecule has 0 saturated carbocycles. The van der Waals surface area contributed by atoms with Crippen molar-refractivity contribution in [2.45, 2.75) is 25.9 Å². The van der Waals surface area contributed by atoms with E-state index in [4.69, 9.17) is 0 Å². The highest BCUT2D eigenvalue weighted by atomic mass is 32.1. The van der Waals surface area contributed by atoms with E-state index in [1.165, 1.54) is 13.0 Å². The van der Waals surface area contributed by atoms with E-state index < -0.39 is 35.4 Å². The zero-order valence-corrected chi connectivity index (χ0v) is 16.4. The fourth-order valence-corrected chi connectivity index (χ4v) is 3.51. The number of aryl methyl sites for hydroxylation is 2. The molecule has 0 aliphatic heterocycles. The molecule has 0 aromatic carbocycles. The zero-order chi connectivity index (χ0) is 22.4. The van der Waals surface area contributed by atoms with Crippen LogP contribution in [0.5, 0.6) is 0 Å². The molecular formula is C17H13F5N4O3S. The van der Waals surface area contributed by atoms with E-state index in [0.29, 0.717) is 10.9 Å². The van der Waals surface area contributed by atoms with E-state index in [9.17, 15) is 31.5 Å². The maximum atomic E-state index is 13.9. The van der Waals surface area contributed by atoms with Crippen LogP contribution in [0.15, 0.2) is 18.2 Å². The molecule has 3 rings (SSSR count). The van der Waals surface area contributed by atoms with Crippen LogP contribution >= 0.6 is 11.3 Å². The third kappa shape index (κ3) is 3.72. The van der Waals surface area contributed by atoms with Gasteiger partial charge in [0, 0.05) is 16.6 Å². The Labute approximate surface area is 169 Å². The van der Waals surface area contributed by atoms with Crippen molar-refractivity contribution in [2.75, 3.05) is 12.4 Å². The third-order valence-electron chi connectivity index (χ3n) is 3.95. The van der Waals surface area contributed by atoms with Gasteiger partial charge in [-0.2, -0.15) is 27.1 Å². The molecule has 3 aromatic heterocycles. The van der Waals surface area contributed by atoms with E-state index >= 15 is 0 Å². The van der Waals surface area contributed by atoms with Crippen LogP contribution < -0.4 is 5.32 Å². The van der Waals surface area contributed by atoms with Gasteiger partial charge in [-0.05, 0) is 26.0 Å². The van der Waals surface area contributed by atoms with Crippen molar-refractivity contribution in [1.82, 2.24) is 14.6 Å². The van der Waals surface area contributed by atoms with Crippen molar-refractivity contribution >= 4 is 33.9 Å². The maximum absolute atomic E-state index is 13.9. The second-order valence-corrected chi connectivity index (χ2v) is 7.46. The highest BCUT2D eigenvalue weighted by Crippen LogP contribution is 2.43. The number of esters is 1. The number of methoxy groups -OCH3 is 1. The van der Waals surface area contributed by atoms with Gasteiger partial charge in [0.1, 0.15) is 10.7 Å². The van der Waals surface area contributed by atoms with Gasteiger partial charge in [0.15, 0.2) is 11.3 Å². The first-order valence-electron chi connectivity index (χ1n) is 8.17. The van der Waals surface area contributed by atoms with E-state index in [1.54, 1.807) is 6.92 Å². The average Bonchev–Trinajstić information content (AvgIpc) is 3.22. The van der Waals surface area contributed by atoms with Crippen LogP contribution in [0, 0.1) is 13.8 Å². The lowest BCUT2D eigenvalue weighted by atomic mass is 10.2. The zero-order valence-electron chi connectivity index (χ0n) is 15.6. The highest BCUT2D eigenvalue weighted by molar-refractivity contribution is 7.16. The lowest BCUT2D eigenvalue weighted by Crippen LogP contribution is -2.36. The summed E-state index contributed by atoms with van der Waals surface area (Å²) < 4.78 is 71.4. The summed E-state index contributed by atoms with van der Waals surface area (Å²) in [4.78, 5) is 28.9. The SMILES string of the molecule is COC(=O)c1cc(C)sc1NC(=O)c1cc2nc(C)cc(C(F)(F)C(F)(F)F)n2n1. The summed E-state index contributed by atoms with van der Waals surface area (Å²) in [6, 6.07) is 2.99. The molecule has 0 bridgehead atoms. The molecule has 1 amide bonds. The predicted octanol–water partition coefficient (Wildman–Crippen LogP) is 4.10. The summed E-state index contributed by atoms with van der Waals surface area (Å²) in [5, 5.41) is 6.09. The minimum atomic E-state index is -5.87. The monoisotopic (exact) mass is 448 g/mol. The van der Waals surface area contributed by atoms with E-state index in [2.05, 4.69) is 20.1 Å². The number of aromatic nitrogens is 3. The summed E-state index contributed by atoms with van der Waals surface area (Å²) in [7, 11) is 1.15. The van der Waals surface area contributed by atoms with Gasteiger partial charge in [-0.15, -0.1) is 11.3 Å². The molecule has 0 atom stereocenters. The number of alkyl halides is 5. The number of carbonyl (C=O) groups is 2. The Morgan fingerprint density at radius 3 is 2.40 bits per heavy atom. The summed E-state index contributed by atoms with van der Waals surface area (Å²) in [5.41, 5.74) is -2.35. The van der Waals surface area contributed by atoms with Gasteiger partial charge < -0.3 is 10.1 Å². The molecule has 7 nitrogen and oxygen atoms in total. The third-order valence-corrected chi connectivity index (χ3v) is 4.92. The van der Waals surface area contributed by atoms with Crippen molar-refractivity contribution in [3.8, 4) is 0 Å². The Morgan fingerprint density at radius 1 is 1.13 bits per heavy atom.